The first-order valence-electron chi connectivity index (χ1n) is 4.31. The molecule has 1 aromatic rings. The molecule has 0 heterocycles. The third kappa shape index (κ3) is 3.28. The Morgan fingerprint density at radius 3 is 2.73 bits per heavy atom. The summed E-state index contributed by atoms with van der Waals surface area (Å²) in [7, 11) is 1.49. The lowest BCUT2D eigenvalue weighted by molar-refractivity contribution is -0.126. The van der Waals surface area contributed by atoms with Gasteiger partial charge in [0.05, 0.1) is 6.61 Å². The highest BCUT2D eigenvalue weighted by molar-refractivity contribution is 5.93. The van der Waals surface area contributed by atoms with Crippen molar-refractivity contribution in [2.75, 3.05) is 12.4 Å². The second-order valence-electron chi connectivity index (χ2n) is 2.88. The van der Waals surface area contributed by atoms with Crippen LogP contribution in [0.4, 0.5) is 14.5 Å². The van der Waals surface area contributed by atoms with Gasteiger partial charge >= 0.3 is 6.43 Å². The van der Waals surface area contributed by atoms with Crippen LogP contribution in [0.5, 0.6) is 0 Å². The quantitative estimate of drug-likeness (QED) is 0.834. The Labute approximate surface area is 86.0 Å². The van der Waals surface area contributed by atoms with Gasteiger partial charge in [0.2, 0.25) is 0 Å². The molecule has 1 N–H and O–H groups in total. The molecular weight excluding hydrogens is 204 g/mol. The van der Waals surface area contributed by atoms with E-state index in [1.165, 1.54) is 7.11 Å². The highest BCUT2D eigenvalue weighted by Gasteiger charge is 2.16. The van der Waals surface area contributed by atoms with Crippen molar-refractivity contribution in [2.45, 2.75) is 13.0 Å². The molecule has 5 heteroatoms. The molecule has 1 amide bonds. The number of rotatable bonds is 4. The number of alkyl halides is 2. The third-order valence-corrected chi connectivity index (χ3v) is 1.77. The first-order chi connectivity index (χ1) is 7.15. The minimum absolute atomic E-state index is 0.264. The number of carbonyl (C=O) groups is 1. The molecule has 15 heavy (non-hydrogen) atoms. The lowest BCUT2D eigenvalue weighted by atomic mass is 10.2. The van der Waals surface area contributed by atoms with Crippen molar-refractivity contribution in [1.82, 2.24) is 0 Å². The van der Waals surface area contributed by atoms with Crippen LogP contribution in [0.3, 0.4) is 0 Å². The van der Waals surface area contributed by atoms with Crippen LogP contribution in [0.1, 0.15) is 5.56 Å². The normalized spacial score (nSPS) is 10.4. The van der Waals surface area contributed by atoms with E-state index in [2.05, 4.69) is 5.32 Å². The van der Waals surface area contributed by atoms with E-state index in [1.807, 2.05) is 0 Å². The highest BCUT2D eigenvalue weighted by atomic mass is 19.3. The van der Waals surface area contributed by atoms with Gasteiger partial charge in [0, 0.05) is 18.4 Å². The molecule has 0 unspecified atom stereocenters. The van der Waals surface area contributed by atoms with Crippen LogP contribution in [-0.4, -0.2) is 19.4 Å². The predicted octanol–water partition coefficient (Wildman–Crippen LogP) is 2.04. The van der Waals surface area contributed by atoms with E-state index in [-0.39, 0.29) is 6.61 Å². The van der Waals surface area contributed by atoms with Crippen LogP contribution in [0.15, 0.2) is 24.3 Å². The zero-order chi connectivity index (χ0) is 11.3. The van der Waals surface area contributed by atoms with E-state index < -0.39 is 12.3 Å². The molecule has 0 spiro atoms. The van der Waals surface area contributed by atoms with Gasteiger partial charge in [-0.3, -0.25) is 4.79 Å². The molecule has 0 aliphatic heterocycles. The van der Waals surface area contributed by atoms with Crippen LogP contribution in [0, 0.1) is 0 Å². The molecule has 0 fully saturated rings. The molecule has 1 aromatic carbocycles. The van der Waals surface area contributed by atoms with E-state index >= 15 is 0 Å². The molecule has 3 nitrogen and oxygen atoms in total. The largest absolute Gasteiger partial charge is 0.380 e. The maximum absolute atomic E-state index is 12.0. The Balaban J connectivity index is 2.79. The summed E-state index contributed by atoms with van der Waals surface area (Å²) in [6, 6.07) is 6.64. The van der Waals surface area contributed by atoms with Gasteiger partial charge in [0.25, 0.3) is 5.91 Å². The number of hydrogen-bond donors (Lipinski definition) is 1. The number of ether oxygens (including phenoxy) is 1. The van der Waals surface area contributed by atoms with Crippen LogP contribution < -0.4 is 5.32 Å². The fraction of sp³-hybridized carbons (Fsp3) is 0.300. The number of hydrogen-bond acceptors (Lipinski definition) is 2. The topological polar surface area (TPSA) is 38.3 Å². The smallest absolute Gasteiger partial charge is 0.315 e. The number of para-hydroxylation sites is 1. The predicted molar refractivity (Wildman–Crippen MR) is 51.8 cm³/mol. The molecule has 82 valence electrons. The highest BCUT2D eigenvalue weighted by Crippen LogP contribution is 2.16. The van der Waals surface area contributed by atoms with Crippen molar-refractivity contribution in [2.24, 2.45) is 0 Å². The summed E-state index contributed by atoms with van der Waals surface area (Å²) in [6.07, 6.45) is -3.01. The number of amides is 1. The summed E-state index contributed by atoms with van der Waals surface area (Å²) >= 11 is 0. The van der Waals surface area contributed by atoms with Gasteiger partial charge in [-0.2, -0.15) is 8.78 Å². The average molecular weight is 215 g/mol. The molecule has 0 atom stereocenters. The van der Waals surface area contributed by atoms with Gasteiger partial charge < -0.3 is 10.1 Å². The van der Waals surface area contributed by atoms with Crippen molar-refractivity contribution in [3.05, 3.63) is 29.8 Å². The van der Waals surface area contributed by atoms with E-state index in [9.17, 15) is 13.6 Å². The Bertz CT molecular complexity index is 342. The van der Waals surface area contributed by atoms with E-state index in [1.54, 1.807) is 24.3 Å². The number of nitrogens with one attached hydrogen (secondary N) is 1. The third-order valence-electron chi connectivity index (χ3n) is 1.77. The molecule has 0 aliphatic rings. The van der Waals surface area contributed by atoms with Crippen molar-refractivity contribution in [3.63, 3.8) is 0 Å². The minimum Gasteiger partial charge on any atom is -0.380 e. The summed E-state index contributed by atoms with van der Waals surface area (Å²) in [5.41, 5.74) is 1.01. The Morgan fingerprint density at radius 2 is 2.13 bits per heavy atom. The molecular formula is C10H11F2NO2. The molecule has 0 saturated carbocycles. The van der Waals surface area contributed by atoms with Crippen molar-refractivity contribution >= 4 is 11.6 Å². The number of carbonyl (C=O) groups excluding carboxylic acids is 1. The minimum atomic E-state index is -3.01. The van der Waals surface area contributed by atoms with Crippen LogP contribution in [0.2, 0.25) is 0 Å². The summed E-state index contributed by atoms with van der Waals surface area (Å²) < 4.78 is 28.8. The van der Waals surface area contributed by atoms with Crippen molar-refractivity contribution in [1.29, 1.82) is 0 Å². The lowest BCUT2D eigenvalue weighted by Crippen LogP contribution is -2.20. The molecule has 0 aromatic heterocycles. The van der Waals surface area contributed by atoms with Gasteiger partial charge in [-0.25, -0.2) is 0 Å². The van der Waals surface area contributed by atoms with Crippen molar-refractivity contribution < 1.29 is 18.3 Å². The number of benzene rings is 1. The van der Waals surface area contributed by atoms with Crippen molar-refractivity contribution in [3.8, 4) is 0 Å². The van der Waals surface area contributed by atoms with Crippen LogP contribution in [-0.2, 0) is 16.1 Å². The molecule has 0 saturated heterocycles. The summed E-state index contributed by atoms with van der Waals surface area (Å²) in [5, 5.41) is 2.13. The van der Waals surface area contributed by atoms with Crippen LogP contribution >= 0.6 is 0 Å². The Hall–Kier alpha value is -1.49. The Morgan fingerprint density at radius 1 is 1.47 bits per heavy atom. The van der Waals surface area contributed by atoms with Gasteiger partial charge in [-0.05, 0) is 6.07 Å². The first-order valence-corrected chi connectivity index (χ1v) is 4.31. The second-order valence-corrected chi connectivity index (χ2v) is 2.88. The Kier molecular flexibility index (Phi) is 4.17. The molecule has 0 aliphatic carbocycles. The maximum atomic E-state index is 12.0. The fourth-order valence-corrected chi connectivity index (χ4v) is 1.11. The second kappa shape index (κ2) is 5.41. The molecule has 1 rings (SSSR count). The number of halogens is 2. The average Bonchev–Trinajstić information content (AvgIpc) is 2.21. The van der Waals surface area contributed by atoms with Crippen LogP contribution in [0.25, 0.3) is 0 Å². The fourth-order valence-electron chi connectivity index (χ4n) is 1.11. The van der Waals surface area contributed by atoms with Gasteiger partial charge in [0.15, 0.2) is 0 Å². The van der Waals surface area contributed by atoms with Gasteiger partial charge in [-0.1, -0.05) is 18.2 Å². The van der Waals surface area contributed by atoms with Gasteiger partial charge in [0.1, 0.15) is 0 Å². The number of methoxy groups -OCH3 is 1. The zero-order valence-corrected chi connectivity index (χ0v) is 8.17. The summed E-state index contributed by atoms with van der Waals surface area (Å²) in [5.74, 6) is -1.31. The zero-order valence-electron chi connectivity index (χ0n) is 8.17. The molecule has 0 radical (unpaired) electrons. The molecule has 0 bridgehead atoms. The lowest BCUT2D eigenvalue weighted by Gasteiger charge is -2.09. The summed E-state index contributed by atoms with van der Waals surface area (Å²) in [6.45, 7) is 0.264. The standard InChI is InChI=1S/C10H11F2NO2/c1-15-6-7-4-2-3-5-8(7)13-10(14)9(11)12/h2-5,9H,6H2,1H3,(H,13,14). The monoisotopic (exact) mass is 215 g/mol. The van der Waals surface area contributed by atoms with E-state index in [0.29, 0.717) is 11.3 Å². The first kappa shape index (κ1) is 11.6. The van der Waals surface area contributed by atoms with E-state index in [4.69, 9.17) is 4.74 Å². The SMILES string of the molecule is COCc1ccccc1NC(=O)C(F)F. The van der Waals surface area contributed by atoms with Gasteiger partial charge in [-0.15, -0.1) is 0 Å². The number of anilines is 1. The van der Waals surface area contributed by atoms with E-state index in [0.717, 1.165) is 0 Å². The summed E-state index contributed by atoms with van der Waals surface area (Å²) in [4.78, 5) is 10.8. The maximum Gasteiger partial charge on any atom is 0.315 e.